The molecule has 0 atom stereocenters. The number of aromatic nitrogens is 1. The Balaban J connectivity index is 1.40. The summed E-state index contributed by atoms with van der Waals surface area (Å²) in [7, 11) is 0. The van der Waals surface area contributed by atoms with Gasteiger partial charge in [0.05, 0.1) is 24.3 Å². The molecule has 1 aromatic heterocycles. The molecule has 0 spiro atoms. The van der Waals surface area contributed by atoms with Crippen LogP contribution >= 0.6 is 0 Å². The Kier molecular flexibility index (Phi) is 9.14. The van der Waals surface area contributed by atoms with E-state index in [9.17, 15) is 9.59 Å². The van der Waals surface area contributed by atoms with E-state index in [-0.39, 0.29) is 28.3 Å². The highest BCUT2D eigenvalue weighted by molar-refractivity contribution is 6.02. The van der Waals surface area contributed by atoms with E-state index in [1.165, 1.54) is 6.07 Å². The number of morpholine rings is 1. The predicted octanol–water partition coefficient (Wildman–Crippen LogP) is 6.57. The fraction of sp³-hybridized carbons (Fsp3) is 0.429. The number of carbonyl (C=O) groups excluding carboxylic acids is 1. The molecule has 9 heteroatoms. The highest BCUT2D eigenvalue weighted by Gasteiger charge is 2.30. The van der Waals surface area contributed by atoms with Crippen molar-refractivity contribution in [2.24, 2.45) is 0 Å². The normalized spacial score (nSPS) is 14.2. The molecule has 0 radical (unpaired) electrons. The van der Waals surface area contributed by atoms with Gasteiger partial charge in [-0.2, -0.15) is 0 Å². The average molecular weight is 601 g/mol. The van der Waals surface area contributed by atoms with Crippen LogP contribution in [0.1, 0.15) is 56.3 Å². The number of unbranched alkanes of at least 4 members (excludes halogenated alkanes) is 2. The van der Waals surface area contributed by atoms with Gasteiger partial charge >= 0.3 is 0 Å². The fourth-order valence-electron chi connectivity index (χ4n) is 6.17. The molecular weight excluding hydrogens is 559 g/mol. The maximum atomic E-state index is 15.9. The van der Waals surface area contributed by atoms with Gasteiger partial charge in [-0.3, -0.25) is 9.59 Å². The minimum atomic E-state index is -0.579. The number of hydrogen-bond donors (Lipinski definition) is 1. The molecule has 0 bridgehead atoms. The molecule has 8 nitrogen and oxygen atoms in total. The molecular formula is C35H41FN4O4. The zero-order valence-electron chi connectivity index (χ0n) is 25.7. The second-order valence-electron chi connectivity index (χ2n) is 11.7. The molecule has 44 heavy (non-hydrogen) atoms. The van der Waals surface area contributed by atoms with Crippen LogP contribution in [-0.2, 0) is 4.74 Å². The smallest absolute Gasteiger partial charge is 0.259 e. The summed E-state index contributed by atoms with van der Waals surface area (Å²) in [6, 6.07) is 13.1. The summed E-state index contributed by atoms with van der Waals surface area (Å²) in [4.78, 5) is 31.5. The molecule has 1 N–H and O–H groups in total. The molecule has 1 fully saturated rings. The van der Waals surface area contributed by atoms with Gasteiger partial charge in [-0.15, -0.1) is 0 Å². The van der Waals surface area contributed by atoms with Gasteiger partial charge in [0.1, 0.15) is 16.8 Å². The summed E-state index contributed by atoms with van der Waals surface area (Å²) in [5.41, 5.74) is 0.871. The van der Waals surface area contributed by atoms with Crippen molar-refractivity contribution in [3.8, 4) is 17.2 Å². The minimum Gasteiger partial charge on any atom is -0.451 e. The van der Waals surface area contributed by atoms with Crippen molar-refractivity contribution >= 4 is 33.3 Å². The number of halogens is 1. The van der Waals surface area contributed by atoms with Crippen LogP contribution in [0.2, 0.25) is 0 Å². The first-order valence-electron chi connectivity index (χ1n) is 16.0. The molecule has 1 amide bonds. The standard InChI is InChI=1S/C35H41FN4O4/c1-3-5-13-38(14-6-4-2)15-9-12-37-31-28(36)22-26-32-34(31)44-30-21-25-11-8-7-10-24(25)20-29(30)40(32)23-27(33(26)41)35(42)39-16-18-43-19-17-39/h7-8,10-11,20-23,37H,3-6,9,12-19H2,1-2H3. The number of hydrogen-bond acceptors (Lipinski definition) is 6. The first-order chi connectivity index (χ1) is 21.5. The number of amides is 1. The minimum absolute atomic E-state index is 0.00529. The van der Waals surface area contributed by atoms with Gasteiger partial charge in [0.25, 0.3) is 5.91 Å². The largest absolute Gasteiger partial charge is 0.451 e. The Hall–Kier alpha value is -3.95. The van der Waals surface area contributed by atoms with Crippen LogP contribution in [0.25, 0.3) is 27.4 Å². The van der Waals surface area contributed by atoms with Crippen molar-refractivity contribution in [1.29, 1.82) is 0 Å². The van der Waals surface area contributed by atoms with Gasteiger partial charge in [0, 0.05) is 25.8 Å². The summed E-state index contributed by atoms with van der Waals surface area (Å²) < 4.78 is 29.6. The van der Waals surface area contributed by atoms with E-state index in [2.05, 4.69) is 24.1 Å². The maximum Gasteiger partial charge on any atom is 0.259 e. The van der Waals surface area contributed by atoms with E-state index in [1.54, 1.807) is 11.1 Å². The summed E-state index contributed by atoms with van der Waals surface area (Å²) in [5, 5.41) is 5.38. The van der Waals surface area contributed by atoms with Crippen molar-refractivity contribution in [3.05, 3.63) is 70.3 Å². The molecule has 3 heterocycles. The van der Waals surface area contributed by atoms with Crippen LogP contribution in [0.5, 0.6) is 11.5 Å². The molecule has 0 saturated carbocycles. The monoisotopic (exact) mass is 600 g/mol. The Morgan fingerprint density at radius 3 is 2.36 bits per heavy atom. The third-order valence-corrected chi connectivity index (χ3v) is 8.63. The Morgan fingerprint density at radius 2 is 1.66 bits per heavy atom. The van der Waals surface area contributed by atoms with Gasteiger partial charge < -0.3 is 29.2 Å². The summed E-state index contributed by atoms with van der Waals surface area (Å²) in [6.07, 6.45) is 7.07. The number of benzene rings is 3. The number of rotatable bonds is 12. The number of ether oxygens (including phenoxy) is 2. The topological polar surface area (TPSA) is 76.0 Å². The van der Waals surface area contributed by atoms with Crippen LogP contribution in [0.3, 0.4) is 0 Å². The van der Waals surface area contributed by atoms with Crippen LogP contribution in [-0.4, -0.2) is 72.8 Å². The molecule has 3 aromatic carbocycles. The molecule has 0 aliphatic carbocycles. The lowest BCUT2D eigenvalue weighted by atomic mass is 10.0. The lowest BCUT2D eigenvalue weighted by Crippen LogP contribution is -2.42. The Morgan fingerprint density at radius 1 is 0.977 bits per heavy atom. The van der Waals surface area contributed by atoms with E-state index in [0.29, 0.717) is 49.8 Å². The summed E-state index contributed by atoms with van der Waals surface area (Å²) in [6.45, 7) is 9.65. The highest BCUT2D eigenvalue weighted by atomic mass is 19.1. The second-order valence-corrected chi connectivity index (χ2v) is 11.7. The van der Waals surface area contributed by atoms with Crippen LogP contribution in [0, 0.1) is 5.82 Å². The lowest BCUT2D eigenvalue weighted by Gasteiger charge is -2.29. The third kappa shape index (κ3) is 5.90. The number of anilines is 1. The van der Waals surface area contributed by atoms with Gasteiger partial charge in [-0.1, -0.05) is 51.0 Å². The summed E-state index contributed by atoms with van der Waals surface area (Å²) in [5.74, 6) is -0.160. The lowest BCUT2D eigenvalue weighted by molar-refractivity contribution is 0.0301. The highest BCUT2D eigenvalue weighted by Crippen LogP contribution is 2.46. The van der Waals surface area contributed by atoms with Crippen molar-refractivity contribution in [1.82, 2.24) is 14.4 Å². The van der Waals surface area contributed by atoms with Crippen molar-refractivity contribution in [3.63, 3.8) is 0 Å². The number of fused-ring (bicyclic) bond motifs is 3. The van der Waals surface area contributed by atoms with Gasteiger partial charge in [0.2, 0.25) is 5.43 Å². The number of carbonyl (C=O) groups is 1. The van der Waals surface area contributed by atoms with E-state index >= 15 is 4.39 Å². The second kappa shape index (κ2) is 13.4. The van der Waals surface area contributed by atoms with Crippen molar-refractivity contribution < 1.29 is 18.7 Å². The molecule has 232 valence electrons. The molecule has 4 aromatic rings. The van der Waals surface area contributed by atoms with Crippen LogP contribution in [0.4, 0.5) is 10.1 Å². The van der Waals surface area contributed by atoms with Crippen molar-refractivity contribution in [2.45, 2.75) is 46.0 Å². The zero-order chi connectivity index (χ0) is 30.6. The van der Waals surface area contributed by atoms with E-state index in [4.69, 9.17) is 9.47 Å². The molecule has 0 unspecified atom stereocenters. The van der Waals surface area contributed by atoms with Gasteiger partial charge in [-0.05, 0) is 67.9 Å². The van der Waals surface area contributed by atoms with Gasteiger partial charge in [0.15, 0.2) is 17.3 Å². The first-order valence-corrected chi connectivity index (χ1v) is 16.0. The molecule has 1 saturated heterocycles. The number of nitrogens with zero attached hydrogens (tertiary/aromatic N) is 3. The van der Waals surface area contributed by atoms with Crippen molar-refractivity contribution in [2.75, 3.05) is 57.8 Å². The number of pyridine rings is 1. The predicted molar refractivity (Wildman–Crippen MR) is 173 cm³/mol. The van der Waals surface area contributed by atoms with Gasteiger partial charge in [-0.25, -0.2) is 4.39 Å². The SMILES string of the molecule is CCCCN(CCCC)CCCNc1c(F)cc2c(=O)c(C(=O)N3CCOCC3)cn3c2c1Oc1cc2ccccc2cc1-3. The average Bonchev–Trinajstić information content (AvgIpc) is 3.05. The molecule has 2 aliphatic rings. The van der Waals surface area contributed by atoms with E-state index in [0.717, 1.165) is 62.5 Å². The van der Waals surface area contributed by atoms with Crippen LogP contribution in [0.15, 0.2) is 53.5 Å². The molecule has 2 aliphatic heterocycles. The third-order valence-electron chi connectivity index (χ3n) is 8.63. The Bertz CT molecular complexity index is 1720. The number of nitrogens with one attached hydrogen (secondary N) is 1. The maximum absolute atomic E-state index is 15.9. The molecule has 6 rings (SSSR count). The zero-order valence-corrected chi connectivity index (χ0v) is 25.7. The quantitative estimate of drug-likeness (QED) is 0.163. The fourth-order valence-corrected chi connectivity index (χ4v) is 6.17. The Labute approximate surface area is 257 Å². The van der Waals surface area contributed by atoms with E-state index in [1.807, 2.05) is 41.0 Å². The van der Waals surface area contributed by atoms with Crippen LogP contribution < -0.4 is 15.5 Å². The summed E-state index contributed by atoms with van der Waals surface area (Å²) >= 11 is 0. The van der Waals surface area contributed by atoms with E-state index < -0.39 is 11.2 Å². The first kappa shape index (κ1) is 30.1.